The van der Waals surface area contributed by atoms with Gasteiger partial charge in [-0.15, -0.1) is 11.3 Å². The number of hydrogen-bond donors (Lipinski definition) is 1. The lowest BCUT2D eigenvalue weighted by Crippen LogP contribution is -2.34. The van der Waals surface area contributed by atoms with Crippen molar-refractivity contribution >= 4 is 11.3 Å². The highest BCUT2D eigenvalue weighted by atomic mass is 32.1. The number of aryl methyl sites for hydroxylation is 1. The van der Waals surface area contributed by atoms with Gasteiger partial charge in [-0.25, -0.2) is 0 Å². The fourth-order valence-electron chi connectivity index (χ4n) is 2.28. The molecule has 0 aliphatic carbocycles. The number of thiophene rings is 1. The second-order valence-corrected chi connectivity index (χ2v) is 7.39. The van der Waals surface area contributed by atoms with Crippen LogP contribution in [0.15, 0.2) is 6.07 Å². The third-order valence-corrected chi connectivity index (χ3v) is 5.02. The SMILES string of the molecule is CCC(C)N(CCOC)Cc1cc(CNC(C)C)sc1C. The molecule has 1 rings (SSSR count). The van der Waals surface area contributed by atoms with Crippen LogP contribution in [0.4, 0.5) is 0 Å². The van der Waals surface area contributed by atoms with Gasteiger partial charge in [-0.3, -0.25) is 4.90 Å². The van der Waals surface area contributed by atoms with Crippen molar-refractivity contribution in [3.63, 3.8) is 0 Å². The molecular weight excluding hydrogens is 280 g/mol. The van der Waals surface area contributed by atoms with Gasteiger partial charge in [0.15, 0.2) is 0 Å². The summed E-state index contributed by atoms with van der Waals surface area (Å²) < 4.78 is 5.26. The van der Waals surface area contributed by atoms with Gasteiger partial charge in [0.2, 0.25) is 0 Å². The third kappa shape index (κ3) is 6.47. The molecule has 0 spiro atoms. The normalized spacial score (nSPS) is 13.3. The molecule has 122 valence electrons. The molecule has 1 aromatic rings. The lowest BCUT2D eigenvalue weighted by atomic mass is 10.1. The predicted octanol–water partition coefficient (Wildman–Crippen LogP) is 3.80. The van der Waals surface area contributed by atoms with Crippen molar-refractivity contribution in [1.82, 2.24) is 10.2 Å². The van der Waals surface area contributed by atoms with E-state index in [0.29, 0.717) is 12.1 Å². The van der Waals surface area contributed by atoms with E-state index < -0.39 is 0 Å². The second kappa shape index (κ2) is 9.57. The standard InChI is InChI=1S/C17H32N2OS/c1-7-14(4)19(8-9-20-6)12-16-10-17(21-15(16)5)11-18-13(2)3/h10,13-14,18H,7-9,11-12H2,1-6H3. The number of ether oxygens (including phenoxy) is 1. The van der Waals surface area contributed by atoms with E-state index in [4.69, 9.17) is 4.74 Å². The van der Waals surface area contributed by atoms with Crippen molar-refractivity contribution in [3.05, 3.63) is 21.4 Å². The molecule has 1 heterocycles. The van der Waals surface area contributed by atoms with E-state index in [2.05, 4.69) is 50.9 Å². The van der Waals surface area contributed by atoms with E-state index in [9.17, 15) is 0 Å². The van der Waals surface area contributed by atoms with E-state index in [1.165, 1.54) is 21.7 Å². The molecule has 0 aliphatic heterocycles. The van der Waals surface area contributed by atoms with Crippen molar-refractivity contribution in [2.75, 3.05) is 20.3 Å². The van der Waals surface area contributed by atoms with Crippen LogP contribution < -0.4 is 5.32 Å². The Balaban J connectivity index is 2.69. The van der Waals surface area contributed by atoms with Crippen molar-refractivity contribution in [3.8, 4) is 0 Å². The Bertz CT molecular complexity index is 403. The first-order valence-corrected chi connectivity index (χ1v) is 8.84. The van der Waals surface area contributed by atoms with Crippen LogP contribution in [0, 0.1) is 6.92 Å². The third-order valence-electron chi connectivity index (χ3n) is 3.93. The summed E-state index contributed by atoms with van der Waals surface area (Å²) in [5, 5.41) is 3.50. The molecule has 0 bridgehead atoms. The van der Waals surface area contributed by atoms with E-state index in [1.54, 1.807) is 7.11 Å². The summed E-state index contributed by atoms with van der Waals surface area (Å²) in [5.41, 5.74) is 1.47. The van der Waals surface area contributed by atoms with Crippen LogP contribution in [0.1, 0.15) is 49.4 Å². The molecule has 0 aromatic carbocycles. The van der Waals surface area contributed by atoms with Gasteiger partial charge in [0.05, 0.1) is 6.61 Å². The van der Waals surface area contributed by atoms with E-state index >= 15 is 0 Å². The van der Waals surface area contributed by atoms with Gasteiger partial charge in [-0.2, -0.15) is 0 Å². The summed E-state index contributed by atoms with van der Waals surface area (Å²) >= 11 is 1.92. The largest absolute Gasteiger partial charge is 0.383 e. The average molecular weight is 313 g/mol. The van der Waals surface area contributed by atoms with Crippen LogP contribution in [-0.2, 0) is 17.8 Å². The number of rotatable bonds is 10. The molecule has 0 saturated heterocycles. The molecule has 0 saturated carbocycles. The Morgan fingerprint density at radius 1 is 1.33 bits per heavy atom. The molecule has 4 heteroatoms. The van der Waals surface area contributed by atoms with Gasteiger partial charge in [0.25, 0.3) is 0 Å². The number of methoxy groups -OCH3 is 1. The fourth-order valence-corrected chi connectivity index (χ4v) is 3.28. The molecule has 21 heavy (non-hydrogen) atoms. The van der Waals surface area contributed by atoms with Gasteiger partial charge in [-0.1, -0.05) is 20.8 Å². The quantitative estimate of drug-likeness (QED) is 0.711. The van der Waals surface area contributed by atoms with Crippen molar-refractivity contribution in [1.29, 1.82) is 0 Å². The fraction of sp³-hybridized carbons (Fsp3) is 0.765. The van der Waals surface area contributed by atoms with Gasteiger partial charge in [-0.05, 0) is 31.9 Å². The first-order valence-electron chi connectivity index (χ1n) is 8.02. The Kier molecular flexibility index (Phi) is 8.49. The smallest absolute Gasteiger partial charge is 0.0589 e. The molecule has 3 nitrogen and oxygen atoms in total. The molecule has 1 aromatic heterocycles. The second-order valence-electron chi connectivity index (χ2n) is 6.05. The zero-order chi connectivity index (χ0) is 15.8. The van der Waals surface area contributed by atoms with Crippen LogP contribution in [0.25, 0.3) is 0 Å². The Hall–Kier alpha value is -0.420. The molecule has 1 unspecified atom stereocenters. The summed E-state index contributed by atoms with van der Waals surface area (Å²) in [6.45, 7) is 15.0. The zero-order valence-corrected chi connectivity index (χ0v) is 15.3. The summed E-state index contributed by atoms with van der Waals surface area (Å²) in [5.74, 6) is 0. The first kappa shape index (κ1) is 18.6. The van der Waals surface area contributed by atoms with Crippen LogP contribution in [0.5, 0.6) is 0 Å². The molecule has 0 amide bonds. The monoisotopic (exact) mass is 312 g/mol. The lowest BCUT2D eigenvalue weighted by molar-refractivity contribution is 0.118. The van der Waals surface area contributed by atoms with Crippen LogP contribution >= 0.6 is 11.3 Å². The van der Waals surface area contributed by atoms with Gasteiger partial charge in [0, 0.05) is 48.6 Å². The number of nitrogens with zero attached hydrogens (tertiary/aromatic N) is 1. The van der Waals surface area contributed by atoms with E-state index in [-0.39, 0.29) is 0 Å². The molecule has 0 fully saturated rings. The minimum atomic E-state index is 0.536. The number of hydrogen-bond acceptors (Lipinski definition) is 4. The van der Waals surface area contributed by atoms with Crippen molar-refractivity contribution < 1.29 is 4.74 Å². The van der Waals surface area contributed by atoms with E-state index in [1.807, 2.05) is 11.3 Å². The zero-order valence-electron chi connectivity index (χ0n) is 14.5. The maximum Gasteiger partial charge on any atom is 0.0589 e. The summed E-state index contributed by atoms with van der Waals surface area (Å²) in [7, 11) is 1.78. The topological polar surface area (TPSA) is 24.5 Å². The molecule has 1 atom stereocenters. The number of nitrogens with one attached hydrogen (secondary N) is 1. The van der Waals surface area contributed by atoms with Crippen LogP contribution in [0.3, 0.4) is 0 Å². The Morgan fingerprint density at radius 2 is 2.05 bits per heavy atom. The highest BCUT2D eigenvalue weighted by Gasteiger charge is 2.15. The molecular formula is C17H32N2OS. The molecule has 0 radical (unpaired) electrons. The van der Waals surface area contributed by atoms with Crippen molar-refractivity contribution in [2.24, 2.45) is 0 Å². The van der Waals surface area contributed by atoms with Crippen molar-refractivity contribution in [2.45, 2.75) is 66.2 Å². The maximum absolute atomic E-state index is 5.26. The highest BCUT2D eigenvalue weighted by Crippen LogP contribution is 2.24. The minimum absolute atomic E-state index is 0.536. The van der Waals surface area contributed by atoms with Gasteiger partial charge >= 0.3 is 0 Å². The van der Waals surface area contributed by atoms with Crippen LogP contribution in [-0.4, -0.2) is 37.2 Å². The van der Waals surface area contributed by atoms with Crippen LogP contribution in [0.2, 0.25) is 0 Å². The highest BCUT2D eigenvalue weighted by molar-refractivity contribution is 7.12. The van der Waals surface area contributed by atoms with Gasteiger partial charge in [0.1, 0.15) is 0 Å². The average Bonchev–Trinajstić information content (AvgIpc) is 2.80. The Morgan fingerprint density at radius 3 is 2.62 bits per heavy atom. The predicted molar refractivity (Wildman–Crippen MR) is 93.1 cm³/mol. The lowest BCUT2D eigenvalue weighted by Gasteiger charge is -2.28. The first-order chi connectivity index (χ1) is 9.97. The summed E-state index contributed by atoms with van der Waals surface area (Å²) in [4.78, 5) is 5.41. The molecule has 0 aliphatic rings. The van der Waals surface area contributed by atoms with Gasteiger partial charge < -0.3 is 10.1 Å². The van der Waals surface area contributed by atoms with E-state index in [0.717, 1.165) is 26.2 Å². The molecule has 1 N–H and O–H groups in total. The Labute approximate surface area is 134 Å². The minimum Gasteiger partial charge on any atom is -0.383 e. The summed E-state index contributed by atoms with van der Waals surface area (Å²) in [6, 6.07) is 3.50. The maximum atomic E-state index is 5.26. The summed E-state index contributed by atoms with van der Waals surface area (Å²) in [6.07, 6.45) is 1.18.